The maximum atomic E-state index is 11.3. The van der Waals surface area contributed by atoms with E-state index in [1.54, 1.807) is 0 Å². The summed E-state index contributed by atoms with van der Waals surface area (Å²) in [4.78, 5) is 11.3. The zero-order valence-electron chi connectivity index (χ0n) is 9.48. The van der Waals surface area contributed by atoms with Gasteiger partial charge in [0, 0.05) is 22.5 Å². The summed E-state index contributed by atoms with van der Waals surface area (Å²) in [5, 5.41) is 0. The second-order valence-electron chi connectivity index (χ2n) is 4.03. The number of rotatable bonds is 3. The lowest BCUT2D eigenvalue weighted by atomic mass is 10.1. The van der Waals surface area contributed by atoms with Crippen LogP contribution in [0.3, 0.4) is 0 Å². The molecule has 0 spiro atoms. The molecule has 1 heterocycles. The Morgan fingerprint density at radius 3 is 2.94 bits per heavy atom. The predicted octanol–water partition coefficient (Wildman–Crippen LogP) is 2.16. The molecule has 1 aromatic carbocycles. The van der Waals surface area contributed by atoms with Crippen molar-refractivity contribution in [1.82, 2.24) is 0 Å². The van der Waals surface area contributed by atoms with Crippen LogP contribution in [0.1, 0.15) is 24.9 Å². The first kappa shape index (κ1) is 12.4. The molecule has 2 rings (SSSR count). The van der Waals surface area contributed by atoms with Gasteiger partial charge in [-0.3, -0.25) is 0 Å². The standard InChI is InChI=1S/C12H14BrNO3/c1-7(14)9-6-8(13)2-3-10(9)17-11-4-5-16-12(11)15/h2-3,6-7,11H,4-5,14H2,1H3. The van der Waals surface area contributed by atoms with Crippen LogP contribution in [0.15, 0.2) is 22.7 Å². The molecule has 2 N–H and O–H groups in total. The van der Waals surface area contributed by atoms with Crippen LogP contribution in [0.25, 0.3) is 0 Å². The van der Waals surface area contributed by atoms with Crippen LogP contribution in [-0.2, 0) is 9.53 Å². The van der Waals surface area contributed by atoms with E-state index in [0.29, 0.717) is 18.8 Å². The zero-order valence-corrected chi connectivity index (χ0v) is 11.1. The van der Waals surface area contributed by atoms with Crippen molar-refractivity contribution in [3.63, 3.8) is 0 Å². The van der Waals surface area contributed by atoms with Crippen molar-refractivity contribution >= 4 is 21.9 Å². The van der Waals surface area contributed by atoms with Gasteiger partial charge in [0.25, 0.3) is 0 Å². The maximum absolute atomic E-state index is 11.3. The molecule has 4 nitrogen and oxygen atoms in total. The van der Waals surface area contributed by atoms with E-state index in [1.807, 2.05) is 25.1 Å². The minimum absolute atomic E-state index is 0.153. The Bertz CT molecular complexity index is 434. The molecule has 5 heteroatoms. The molecule has 92 valence electrons. The molecule has 0 amide bonds. The second-order valence-corrected chi connectivity index (χ2v) is 4.95. The van der Waals surface area contributed by atoms with E-state index in [9.17, 15) is 4.79 Å². The fourth-order valence-electron chi connectivity index (χ4n) is 1.72. The third-order valence-corrected chi connectivity index (χ3v) is 3.11. The number of ether oxygens (including phenoxy) is 2. The number of carbonyl (C=O) groups excluding carboxylic acids is 1. The Kier molecular flexibility index (Phi) is 3.69. The van der Waals surface area contributed by atoms with E-state index in [4.69, 9.17) is 15.2 Å². The van der Waals surface area contributed by atoms with Gasteiger partial charge in [0.05, 0.1) is 6.61 Å². The Hall–Kier alpha value is -1.07. The molecule has 1 aromatic rings. The molecular weight excluding hydrogens is 286 g/mol. The highest BCUT2D eigenvalue weighted by Gasteiger charge is 2.29. The van der Waals surface area contributed by atoms with E-state index in [-0.39, 0.29) is 12.0 Å². The summed E-state index contributed by atoms with van der Waals surface area (Å²) in [6.45, 7) is 2.30. The smallest absolute Gasteiger partial charge is 0.347 e. The predicted molar refractivity (Wildman–Crippen MR) is 66.7 cm³/mol. The van der Waals surface area contributed by atoms with Gasteiger partial charge >= 0.3 is 5.97 Å². The first-order chi connectivity index (χ1) is 8.08. The van der Waals surface area contributed by atoms with E-state index >= 15 is 0 Å². The van der Waals surface area contributed by atoms with Crippen LogP contribution in [0, 0.1) is 0 Å². The lowest BCUT2D eigenvalue weighted by molar-refractivity contribution is -0.143. The van der Waals surface area contributed by atoms with Crippen LogP contribution in [-0.4, -0.2) is 18.7 Å². The van der Waals surface area contributed by atoms with Crippen molar-refractivity contribution < 1.29 is 14.3 Å². The third-order valence-electron chi connectivity index (χ3n) is 2.62. The monoisotopic (exact) mass is 299 g/mol. The first-order valence-electron chi connectivity index (χ1n) is 5.46. The van der Waals surface area contributed by atoms with Gasteiger partial charge < -0.3 is 15.2 Å². The molecule has 1 saturated heterocycles. The molecular formula is C12H14BrNO3. The fraction of sp³-hybridized carbons (Fsp3) is 0.417. The van der Waals surface area contributed by atoms with Crippen molar-refractivity contribution in [2.75, 3.05) is 6.61 Å². The van der Waals surface area contributed by atoms with E-state index in [0.717, 1.165) is 10.0 Å². The number of halogens is 1. The van der Waals surface area contributed by atoms with Gasteiger partial charge in [-0.15, -0.1) is 0 Å². The van der Waals surface area contributed by atoms with E-state index < -0.39 is 6.10 Å². The lowest BCUT2D eigenvalue weighted by Crippen LogP contribution is -2.23. The van der Waals surface area contributed by atoms with Gasteiger partial charge in [-0.1, -0.05) is 15.9 Å². The largest absolute Gasteiger partial charge is 0.478 e. The van der Waals surface area contributed by atoms with Crippen molar-refractivity contribution in [3.05, 3.63) is 28.2 Å². The summed E-state index contributed by atoms with van der Waals surface area (Å²) in [7, 11) is 0. The van der Waals surface area contributed by atoms with E-state index in [2.05, 4.69) is 15.9 Å². The minimum Gasteiger partial charge on any atom is -0.478 e. The third kappa shape index (κ3) is 2.79. The van der Waals surface area contributed by atoms with Crippen LogP contribution < -0.4 is 10.5 Å². The zero-order chi connectivity index (χ0) is 12.4. The molecule has 2 atom stereocenters. The highest BCUT2D eigenvalue weighted by Crippen LogP contribution is 2.29. The molecule has 0 saturated carbocycles. The van der Waals surface area contributed by atoms with Gasteiger partial charge in [0.15, 0.2) is 6.10 Å². The van der Waals surface area contributed by atoms with Crippen LogP contribution >= 0.6 is 15.9 Å². The number of nitrogens with two attached hydrogens (primary N) is 1. The van der Waals surface area contributed by atoms with Gasteiger partial charge in [-0.05, 0) is 25.1 Å². The van der Waals surface area contributed by atoms with Crippen molar-refractivity contribution in [2.24, 2.45) is 5.73 Å². The van der Waals surface area contributed by atoms with Crippen molar-refractivity contribution in [3.8, 4) is 5.75 Å². The molecule has 2 unspecified atom stereocenters. The molecule has 1 aliphatic heterocycles. The SMILES string of the molecule is CC(N)c1cc(Br)ccc1OC1CCOC1=O. The topological polar surface area (TPSA) is 61.6 Å². The molecule has 0 radical (unpaired) electrons. The molecule has 1 fully saturated rings. The Morgan fingerprint density at radius 2 is 2.35 bits per heavy atom. The number of carbonyl (C=O) groups is 1. The molecule has 1 aliphatic rings. The summed E-state index contributed by atoms with van der Waals surface area (Å²) < 4.78 is 11.5. The minimum atomic E-state index is -0.506. The molecule has 17 heavy (non-hydrogen) atoms. The van der Waals surface area contributed by atoms with Gasteiger partial charge in [-0.2, -0.15) is 0 Å². The van der Waals surface area contributed by atoms with Crippen molar-refractivity contribution in [2.45, 2.75) is 25.5 Å². The normalized spacial score (nSPS) is 21.1. The Morgan fingerprint density at radius 1 is 1.59 bits per heavy atom. The summed E-state index contributed by atoms with van der Waals surface area (Å²) in [6, 6.07) is 5.43. The number of benzene rings is 1. The maximum Gasteiger partial charge on any atom is 0.347 e. The van der Waals surface area contributed by atoms with Gasteiger partial charge in [-0.25, -0.2) is 4.79 Å². The fourth-order valence-corrected chi connectivity index (χ4v) is 2.10. The number of esters is 1. The highest BCUT2D eigenvalue weighted by molar-refractivity contribution is 9.10. The average Bonchev–Trinajstić information content (AvgIpc) is 2.67. The lowest BCUT2D eigenvalue weighted by Gasteiger charge is -2.16. The number of hydrogen-bond donors (Lipinski definition) is 1. The first-order valence-corrected chi connectivity index (χ1v) is 6.25. The van der Waals surface area contributed by atoms with E-state index in [1.165, 1.54) is 0 Å². The molecule has 0 aliphatic carbocycles. The van der Waals surface area contributed by atoms with Crippen LogP contribution in [0.5, 0.6) is 5.75 Å². The average molecular weight is 300 g/mol. The highest BCUT2D eigenvalue weighted by atomic mass is 79.9. The van der Waals surface area contributed by atoms with Crippen molar-refractivity contribution in [1.29, 1.82) is 0 Å². The quantitative estimate of drug-likeness (QED) is 0.869. The number of cyclic esters (lactones) is 1. The summed E-state index contributed by atoms with van der Waals surface area (Å²) in [5.41, 5.74) is 6.75. The molecule has 0 aromatic heterocycles. The summed E-state index contributed by atoms with van der Waals surface area (Å²) in [6.07, 6.45) is 0.0847. The molecule has 0 bridgehead atoms. The van der Waals surface area contributed by atoms with Gasteiger partial charge in [0.1, 0.15) is 5.75 Å². The van der Waals surface area contributed by atoms with Gasteiger partial charge in [0.2, 0.25) is 0 Å². The summed E-state index contributed by atoms with van der Waals surface area (Å²) in [5.74, 6) is 0.343. The Labute approximate surface area is 108 Å². The van der Waals surface area contributed by atoms with Crippen LogP contribution in [0.4, 0.5) is 0 Å². The summed E-state index contributed by atoms with van der Waals surface area (Å²) >= 11 is 3.39. The number of hydrogen-bond acceptors (Lipinski definition) is 4. The Balaban J connectivity index is 2.22. The van der Waals surface area contributed by atoms with Crippen LogP contribution in [0.2, 0.25) is 0 Å². The second kappa shape index (κ2) is 5.06.